The van der Waals surface area contributed by atoms with E-state index in [1.807, 2.05) is 74.5 Å². The van der Waals surface area contributed by atoms with Crippen LogP contribution in [0, 0.1) is 6.92 Å². The van der Waals surface area contributed by atoms with E-state index in [1.54, 1.807) is 12.1 Å². The highest BCUT2D eigenvalue weighted by atomic mass is 32.2. The van der Waals surface area contributed by atoms with E-state index < -0.39 is 0 Å². The first-order valence-corrected chi connectivity index (χ1v) is 10.7. The van der Waals surface area contributed by atoms with Gasteiger partial charge in [-0.25, -0.2) is 0 Å². The standard InChI is InChI=1S/C24H24N2O3S/c1-3-29-21-12-8-19(9-13-21)25-23(27)16-30-22-14-10-20(11-15-22)26-24(28)18-6-4-17(2)5-7-18/h4-15H,3,16H2,1-2H3,(H,25,27)(H,26,28). The number of anilines is 2. The number of benzene rings is 3. The van der Waals surface area contributed by atoms with Gasteiger partial charge in [0.15, 0.2) is 0 Å². The Morgan fingerprint density at radius 2 is 1.43 bits per heavy atom. The average molecular weight is 421 g/mol. The molecule has 0 saturated carbocycles. The van der Waals surface area contributed by atoms with E-state index in [0.717, 1.165) is 21.9 Å². The van der Waals surface area contributed by atoms with Crippen LogP contribution in [0.4, 0.5) is 11.4 Å². The van der Waals surface area contributed by atoms with Gasteiger partial charge in [0, 0.05) is 21.8 Å². The molecule has 0 unspecified atom stereocenters. The number of nitrogens with one attached hydrogen (secondary N) is 2. The first kappa shape index (κ1) is 21.5. The smallest absolute Gasteiger partial charge is 0.255 e. The Kier molecular flexibility index (Phi) is 7.51. The van der Waals surface area contributed by atoms with Gasteiger partial charge in [-0.3, -0.25) is 9.59 Å². The second-order valence-corrected chi connectivity index (χ2v) is 7.69. The van der Waals surface area contributed by atoms with E-state index >= 15 is 0 Å². The molecule has 0 spiro atoms. The summed E-state index contributed by atoms with van der Waals surface area (Å²) in [6, 6.07) is 22.2. The van der Waals surface area contributed by atoms with E-state index in [2.05, 4.69) is 10.6 Å². The molecule has 0 fully saturated rings. The second-order valence-electron chi connectivity index (χ2n) is 6.64. The van der Waals surface area contributed by atoms with Crippen molar-refractivity contribution in [1.82, 2.24) is 0 Å². The Morgan fingerprint density at radius 1 is 0.833 bits per heavy atom. The molecule has 0 bridgehead atoms. The molecule has 0 aliphatic rings. The molecule has 0 aromatic heterocycles. The van der Waals surface area contributed by atoms with Gasteiger partial charge in [0.05, 0.1) is 12.4 Å². The number of carbonyl (C=O) groups excluding carboxylic acids is 2. The molecule has 0 radical (unpaired) electrons. The number of hydrogen-bond acceptors (Lipinski definition) is 4. The number of rotatable bonds is 8. The first-order valence-electron chi connectivity index (χ1n) is 9.67. The van der Waals surface area contributed by atoms with E-state index in [1.165, 1.54) is 11.8 Å². The summed E-state index contributed by atoms with van der Waals surface area (Å²) >= 11 is 1.44. The molecule has 3 aromatic carbocycles. The van der Waals surface area contributed by atoms with Crippen LogP contribution in [0.5, 0.6) is 5.75 Å². The molecular weight excluding hydrogens is 396 g/mol. The highest BCUT2D eigenvalue weighted by Gasteiger charge is 2.07. The van der Waals surface area contributed by atoms with E-state index in [4.69, 9.17) is 4.74 Å². The third-order valence-electron chi connectivity index (χ3n) is 4.24. The van der Waals surface area contributed by atoms with Crippen molar-refractivity contribution >= 4 is 35.0 Å². The minimum absolute atomic E-state index is 0.0825. The zero-order chi connectivity index (χ0) is 21.3. The van der Waals surface area contributed by atoms with E-state index in [9.17, 15) is 9.59 Å². The maximum atomic E-state index is 12.3. The molecule has 0 saturated heterocycles. The lowest BCUT2D eigenvalue weighted by Crippen LogP contribution is -2.14. The summed E-state index contributed by atoms with van der Waals surface area (Å²) in [6.07, 6.45) is 0. The van der Waals surface area contributed by atoms with Crippen molar-refractivity contribution in [3.8, 4) is 5.75 Å². The first-order chi connectivity index (χ1) is 14.5. The minimum atomic E-state index is -0.148. The fraction of sp³-hybridized carbons (Fsp3) is 0.167. The van der Waals surface area contributed by atoms with Crippen molar-refractivity contribution in [2.24, 2.45) is 0 Å². The number of ether oxygens (including phenoxy) is 1. The normalized spacial score (nSPS) is 10.3. The summed E-state index contributed by atoms with van der Waals surface area (Å²) in [7, 11) is 0. The van der Waals surface area contributed by atoms with Crippen LogP contribution in [0.3, 0.4) is 0 Å². The Balaban J connectivity index is 1.47. The van der Waals surface area contributed by atoms with Gasteiger partial charge in [-0.05, 0) is 74.5 Å². The second kappa shape index (κ2) is 10.5. The molecule has 3 aromatic rings. The van der Waals surface area contributed by atoms with Gasteiger partial charge in [-0.2, -0.15) is 0 Å². The Bertz CT molecular complexity index is 984. The van der Waals surface area contributed by atoms with Gasteiger partial charge in [0.1, 0.15) is 5.75 Å². The van der Waals surface area contributed by atoms with Crippen LogP contribution in [0.25, 0.3) is 0 Å². The Labute approximate surface area is 180 Å². The van der Waals surface area contributed by atoms with E-state index in [0.29, 0.717) is 23.6 Å². The van der Waals surface area contributed by atoms with Gasteiger partial charge >= 0.3 is 0 Å². The summed E-state index contributed by atoms with van der Waals surface area (Å²) < 4.78 is 5.39. The lowest BCUT2D eigenvalue weighted by molar-refractivity contribution is -0.113. The monoisotopic (exact) mass is 420 g/mol. The van der Waals surface area contributed by atoms with Crippen LogP contribution in [-0.2, 0) is 4.79 Å². The molecule has 5 nitrogen and oxygen atoms in total. The fourth-order valence-electron chi connectivity index (χ4n) is 2.69. The molecule has 6 heteroatoms. The van der Waals surface area contributed by atoms with Crippen molar-refractivity contribution in [3.05, 3.63) is 83.9 Å². The van der Waals surface area contributed by atoms with Gasteiger partial charge in [0.25, 0.3) is 5.91 Å². The third-order valence-corrected chi connectivity index (χ3v) is 5.26. The molecule has 0 heterocycles. The summed E-state index contributed by atoms with van der Waals surface area (Å²) in [5.74, 6) is 0.841. The average Bonchev–Trinajstić information content (AvgIpc) is 2.75. The number of aryl methyl sites for hydroxylation is 1. The molecule has 0 aliphatic heterocycles. The molecule has 0 atom stereocenters. The lowest BCUT2D eigenvalue weighted by atomic mass is 10.1. The molecular formula is C24H24N2O3S. The molecule has 154 valence electrons. The Hall–Kier alpha value is -3.25. The van der Waals surface area contributed by atoms with Crippen molar-refractivity contribution in [1.29, 1.82) is 0 Å². The number of carbonyl (C=O) groups is 2. The van der Waals surface area contributed by atoms with Crippen molar-refractivity contribution in [2.45, 2.75) is 18.7 Å². The molecule has 3 rings (SSSR count). The minimum Gasteiger partial charge on any atom is -0.494 e. The van der Waals surface area contributed by atoms with Crippen LogP contribution in [0.2, 0.25) is 0 Å². The number of amides is 2. The maximum absolute atomic E-state index is 12.3. The van der Waals surface area contributed by atoms with Crippen molar-refractivity contribution < 1.29 is 14.3 Å². The van der Waals surface area contributed by atoms with Gasteiger partial charge in [0.2, 0.25) is 5.91 Å². The Morgan fingerprint density at radius 3 is 2.07 bits per heavy atom. The lowest BCUT2D eigenvalue weighted by Gasteiger charge is -2.08. The van der Waals surface area contributed by atoms with Gasteiger partial charge in [-0.15, -0.1) is 11.8 Å². The zero-order valence-electron chi connectivity index (χ0n) is 17.0. The van der Waals surface area contributed by atoms with Crippen LogP contribution >= 0.6 is 11.8 Å². The number of thioether (sulfide) groups is 1. The summed E-state index contributed by atoms with van der Waals surface area (Å²) in [6.45, 7) is 4.52. The zero-order valence-corrected chi connectivity index (χ0v) is 17.8. The fourth-order valence-corrected chi connectivity index (χ4v) is 3.39. The van der Waals surface area contributed by atoms with Gasteiger partial charge in [-0.1, -0.05) is 17.7 Å². The molecule has 30 heavy (non-hydrogen) atoms. The summed E-state index contributed by atoms with van der Waals surface area (Å²) in [4.78, 5) is 25.4. The quantitative estimate of drug-likeness (QED) is 0.480. The SMILES string of the molecule is CCOc1ccc(NC(=O)CSc2ccc(NC(=O)c3ccc(C)cc3)cc2)cc1. The van der Waals surface area contributed by atoms with Crippen molar-refractivity contribution in [2.75, 3.05) is 23.0 Å². The summed E-state index contributed by atoms with van der Waals surface area (Å²) in [5.41, 5.74) is 3.17. The predicted octanol–water partition coefficient (Wildman–Crippen LogP) is 5.38. The molecule has 2 amide bonds. The largest absolute Gasteiger partial charge is 0.494 e. The highest BCUT2D eigenvalue weighted by Crippen LogP contribution is 2.22. The molecule has 0 aliphatic carbocycles. The highest BCUT2D eigenvalue weighted by molar-refractivity contribution is 8.00. The van der Waals surface area contributed by atoms with Crippen molar-refractivity contribution in [3.63, 3.8) is 0 Å². The maximum Gasteiger partial charge on any atom is 0.255 e. The van der Waals surface area contributed by atoms with Crippen LogP contribution in [0.15, 0.2) is 77.7 Å². The third kappa shape index (κ3) is 6.39. The molecule has 2 N–H and O–H groups in total. The van der Waals surface area contributed by atoms with E-state index in [-0.39, 0.29) is 11.8 Å². The van der Waals surface area contributed by atoms with Crippen LogP contribution in [0.1, 0.15) is 22.8 Å². The predicted molar refractivity (Wildman–Crippen MR) is 123 cm³/mol. The topological polar surface area (TPSA) is 67.4 Å². The van der Waals surface area contributed by atoms with Gasteiger partial charge < -0.3 is 15.4 Å². The van der Waals surface area contributed by atoms with Crippen LogP contribution in [-0.4, -0.2) is 24.2 Å². The van der Waals surface area contributed by atoms with Crippen LogP contribution < -0.4 is 15.4 Å². The summed E-state index contributed by atoms with van der Waals surface area (Å²) in [5, 5.41) is 5.75. The number of hydrogen-bond donors (Lipinski definition) is 2.